The fourth-order valence-electron chi connectivity index (χ4n) is 3.32. The van der Waals surface area contributed by atoms with Gasteiger partial charge in [-0.1, -0.05) is 30.3 Å². The lowest BCUT2D eigenvalue weighted by Gasteiger charge is -2.19. The van der Waals surface area contributed by atoms with Gasteiger partial charge in [-0.15, -0.1) is 0 Å². The van der Waals surface area contributed by atoms with E-state index in [1.54, 1.807) is 6.92 Å². The molecule has 2 heterocycles. The number of amides is 1. The van der Waals surface area contributed by atoms with E-state index in [0.717, 1.165) is 30.4 Å². The van der Waals surface area contributed by atoms with Gasteiger partial charge in [0.1, 0.15) is 0 Å². The summed E-state index contributed by atoms with van der Waals surface area (Å²) in [4.78, 5) is 17.1. The van der Waals surface area contributed by atoms with Crippen molar-refractivity contribution in [2.45, 2.75) is 50.7 Å². The Balaban J connectivity index is 1.54. The van der Waals surface area contributed by atoms with Crippen LogP contribution in [0.25, 0.3) is 0 Å². The molecule has 1 aliphatic carbocycles. The average molecular weight is 327 g/mol. The summed E-state index contributed by atoms with van der Waals surface area (Å²) in [6, 6.07) is 7.71. The molecule has 0 radical (unpaired) electrons. The van der Waals surface area contributed by atoms with Crippen LogP contribution in [-0.2, 0) is 10.2 Å². The molecule has 2 aromatic rings. The van der Waals surface area contributed by atoms with Crippen molar-refractivity contribution in [2.24, 2.45) is 0 Å². The normalized spacial score (nSPS) is 24.8. The zero-order chi connectivity index (χ0) is 16.7. The lowest BCUT2D eigenvalue weighted by Crippen LogP contribution is -2.37. The molecule has 1 aromatic heterocycles. The lowest BCUT2D eigenvalue weighted by atomic mass is 9.92. The number of hydrogen-bond donors (Lipinski definition) is 1. The van der Waals surface area contributed by atoms with Crippen LogP contribution in [0.2, 0.25) is 0 Å². The van der Waals surface area contributed by atoms with Crippen molar-refractivity contribution in [2.75, 3.05) is 6.61 Å². The van der Waals surface area contributed by atoms with Gasteiger partial charge in [-0.2, -0.15) is 4.98 Å². The van der Waals surface area contributed by atoms with Crippen molar-refractivity contribution in [1.29, 1.82) is 0 Å². The molecule has 2 aliphatic rings. The van der Waals surface area contributed by atoms with Crippen molar-refractivity contribution >= 4 is 5.91 Å². The number of carbonyl (C=O) groups is 1. The Kier molecular flexibility index (Phi) is 3.64. The summed E-state index contributed by atoms with van der Waals surface area (Å²) in [7, 11) is 0. The third kappa shape index (κ3) is 2.71. The number of carbonyl (C=O) groups excluding carboxylic acids is 1. The SMILES string of the molecule is Cc1noc([C@H]2OCC[C@H]2NC(=O)c2ccccc2C2(C)CC2)n1. The number of aryl methyl sites for hydroxylation is 1. The summed E-state index contributed by atoms with van der Waals surface area (Å²) >= 11 is 0. The molecule has 126 valence electrons. The average Bonchev–Trinajstić information content (AvgIpc) is 2.97. The number of nitrogens with zero attached hydrogens (tertiary/aromatic N) is 2. The summed E-state index contributed by atoms with van der Waals surface area (Å²) in [5.74, 6) is 0.936. The van der Waals surface area contributed by atoms with Crippen LogP contribution in [-0.4, -0.2) is 28.7 Å². The second-order valence-corrected chi connectivity index (χ2v) is 6.95. The molecule has 0 unspecified atom stereocenters. The van der Waals surface area contributed by atoms with E-state index in [2.05, 4.69) is 28.4 Å². The Hall–Kier alpha value is -2.21. The fourth-order valence-corrected chi connectivity index (χ4v) is 3.32. The fraction of sp³-hybridized carbons (Fsp3) is 0.500. The second-order valence-electron chi connectivity index (χ2n) is 6.95. The predicted octanol–water partition coefficient (Wildman–Crippen LogP) is 2.69. The van der Waals surface area contributed by atoms with Crippen molar-refractivity contribution in [3.8, 4) is 0 Å². The van der Waals surface area contributed by atoms with Gasteiger partial charge in [-0.05, 0) is 43.2 Å². The maximum Gasteiger partial charge on any atom is 0.257 e. The minimum Gasteiger partial charge on any atom is -0.366 e. The first-order valence-corrected chi connectivity index (χ1v) is 8.39. The van der Waals surface area contributed by atoms with Crippen LogP contribution in [0, 0.1) is 6.92 Å². The zero-order valence-corrected chi connectivity index (χ0v) is 13.9. The van der Waals surface area contributed by atoms with E-state index in [1.165, 1.54) is 0 Å². The largest absolute Gasteiger partial charge is 0.366 e. The molecule has 1 aliphatic heterocycles. The minimum atomic E-state index is -0.376. The molecular formula is C18H21N3O3. The molecule has 1 saturated carbocycles. The standard InChI is InChI=1S/C18H21N3O3/c1-11-19-17(24-21-11)15-14(7-10-23-15)20-16(22)12-5-3-4-6-13(12)18(2)8-9-18/h3-6,14-15H,7-10H2,1-2H3,(H,20,22)/t14-,15+/m1/s1. The van der Waals surface area contributed by atoms with Crippen molar-refractivity contribution in [1.82, 2.24) is 15.5 Å². The Labute approximate surface area is 140 Å². The van der Waals surface area contributed by atoms with Crippen LogP contribution < -0.4 is 5.32 Å². The van der Waals surface area contributed by atoms with Gasteiger partial charge in [0.15, 0.2) is 11.9 Å². The number of aromatic nitrogens is 2. The van der Waals surface area contributed by atoms with Gasteiger partial charge in [0, 0.05) is 12.2 Å². The Bertz CT molecular complexity index is 766. The van der Waals surface area contributed by atoms with Gasteiger partial charge < -0.3 is 14.6 Å². The van der Waals surface area contributed by atoms with E-state index >= 15 is 0 Å². The van der Waals surface area contributed by atoms with Crippen LogP contribution in [0.4, 0.5) is 0 Å². The Morgan fingerprint density at radius 2 is 2.12 bits per heavy atom. The molecule has 2 atom stereocenters. The molecule has 1 aromatic carbocycles. The minimum absolute atomic E-state index is 0.0598. The maximum atomic E-state index is 12.8. The Morgan fingerprint density at radius 1 is 1.33 bits per heavy atom. The third-order valence-electron chi connectivity index (χ3n) is 5.02. The highest BCUT2D eigenvalue weighted by molar-refractivity contribution is 5.96. The summed E-state index contributed by atoms with van der Waals surface area (Å²) in [6.45, 7) is 4.54. The Morgan fingerprint density at radius 3 is 2.83 bits per heavy atom. The maximum absolute atomic E-state index is 12.8. The number of ether oxygens (including phenoxy) is 1. The van der Waals surface area contributed by atoms with E-state index in [9.17, 15) is 4.79 Å². The highest BCUT2D eigenvalue weighted by Crippen LogP contribution is 2.48. The van der Waals surface area contributed by atoms with Gasteiger partial charge in [0.05, 0.1) is 6.04 Å². The van der Waals surface area contributed by atoms with E-state index in [4.69, 9.17) is 9.26 Å². The van der Waals surface area contributed by atoms with Crippen molar-refractivity contribution < 1.29 is 14.1 Å². The highest BCUT2D eigenvalue weighted by atomic mass is 16.5. The molecule has 4 rings (SSSR count). The third-order valence-corrected chi connectivity index (χ3v) is 5.02. The molecule has 6 heteroatoms. The van der Waals surface area contributed by atoms with E-state index < -0.39 is 0 Å². The van der Waals surface area contributed by atoms with Crippen LogP contribution in [0.1, 0.15) is 59.9 Å². The van der Waals surface area contributed by atoms with Crippen LogP contribution >= 0.6 is 0 Å². The van der Waals surface area contributed by atoms with E-state index in [1.807, 2.05) is 18.2 Å². The smallest absolute Gasteiger partial charge is 0.257 e. The van der Waals surface area contributed by atoms with Gasteiger partial charge in [0.2, 0.25) is 0 Å². The first-order valence-electron chi connectivity index (χ1n) is 8.39. The van der Waals surface area contributed by atoms with Crippen molar-refractivity contribution in [3.05, 3.63) is 47.1 Å². The predicted molar refractivity (Wildman–Crippen MR) is 86.6 cm³/mol. The number of nitrogens with one attached hydrogen (secondary N) is 1. The zero-order valence-electron chi connectivity index (χ0n) is 13.9. The van der Waals surface area contributed by atoms with Crippen LogP contribution in [0.3, 0.4) is 0 Å². The molecule has 1 amide bonds. The number of rotatable bonds is 4. The topological polar surface area (TPSA) is 77.3 Å². The molecule has 0 bridgehead atoms. The molecular weight excluding hydrogens is 306 g/mol. The van der Waals surface area contributed by atoms with E-state index in [0.29, 0.717) is 18.3 Å². The second kappa shape index (κ2) is 5.70. The molecule has 24 heavy (non-hydrogen) atoms. The summed E-state index contributed by atoms with van der Waals surface area (Å²) in [5, 5.41) is 6.91. The number of benzene rings is 1. The first-order chi connectivity index (χ1) is 11.6. The van der Waals surface area contributed by atoms with Crippen LogP contribution in [0.15, 0.2) is 28.8 Å². The van der Waals surface area contributed by atoms with Gasteiger partial charge >= 0.3 is 0 Å². The molecule has 0 spiro atoms. The molecule has 2 fully saturated rings. The monoisotopic (exact) mass is 327 g/mol. The summed E-state index contributed by atoms with van der Waals surface area (Å²) in [6.07, 6.45) is 2.62. The number of hydrogen-bond acceptors (Lipinski definition) is 5. The molecule has 6 nitrogen and oxygen atoms in total. The quantitative estimate of drug-likeness (QED) is 0.934. The van der Waals surface area contributed by atoms with Crippen molar-refractivity contribution in [3.63, 3.8) is 0 Å². The first kappa shape index (κ1) is 15.3. The molecule has 1 saturated heterocycles. The van der Waals surface area contributed by atoms with Crippen LogP contribution in [0.5, 0.6) is 0 Å². The lowest BCUT2D eigenvalue weighted by molar-refractivity contribution is 0.0656. The van der Waals surface area contributed by atoms with Gasteiger partial charge in [-0.25, -0.2) is 0 Å². The van der Waals surface area contributed by atoms with E-state index in [-0.39, 0.29) is 23.5 Å². The highest BCUT2D eigenvalue weighted by Gasteiger charge is 2.42. The molecule has 1 N–H and O–H groups in total. The van der Waals surface area contributed by atoms with Gasteiger partial charge in [-0.3, -0.25) is 4.79 Å². The van der Waals surface area contributed by atoms with Gasteiger partial charge in [0.25, 0.3) is 11.8 Å². The summed E-state index contributed by atoms with van der Waals surface area (Å²) in [5.41, 5.74) is 2.03. The summed E-state index contributed by atoms with van der Waals surface area (Å²) < 4.78 is 10.9.